The Morgan fingerprint density at radius 3 is 1.69 bits per heavy atom. The van der Waals surface area contributed by atoms with Gasteiger partial charge in [0.25, 0.3) is 10.1 Å². The van der Waals surface area contributed by atoms with Crippen LogP contribution in [0.3, 0.4) is 0 Å². The third-order valence-corrected chi connectivity index (χ3v) is 6.03. The van der Waals surface area contributed by atoms with E-state index in [1.165, 1.54) is 37.8 Å². The van der Waals surface area contributed by atoms with Crippen molar-refractivity contribution in [1.29, 1.82) is 0 Å². The van der Waals surface area contributed by atoms with Crippen molar-refractivity contribution in [2.45, 2.75) is 64.2 Å². The smallest absolute Gasteiger partial charge is 0.297 e. The second-order valence-electron chi connectivity index (χ2n) is 7.91. The van der Waals surface area contributed by atoms with Gasteiger partial charge >= 0.3 is 0 Å². The number of nitrogens with zero attached hydrogens (tertiary/aromatic N) is 3. The summed E-state index contributed by atoms with van der Waals surface area (Å²) in [4.78, 5) is 2.78. The van der Waals surface area contributed by atoms with Gasteiger partial charge in [0, 0.05) is 24.7 Å². The van der Waals surface area contributed by atoms with E-state index in [-0.39, 0.29) is 18.1 Å². The summed E-state index contributed by atoms with van der Waals surface area (Å²) in [7, 11) is -3.70. The number of benzene rings is 1. The van der Waals surface area contributed by atoms with Gasteiger partial charge < -0.3 is 18.9 Å². The second kappa shape index (κ2) is 25.0. The van der Waals surface area contributed by atoms with Crippen LogP contribution in [0.1, 0.15) is 57.9 Å². The summed E-state index contributed by atoms with van der Waals surface area (Å²) in [5.41, 5.74) is 8.97. The Kier molecular flexibility index (Phi) is 23.8. The molecular weight excluding hydrogens is 486 g/mol. The monoisotopic (exact) mass is 531 g/mol. The first kappa shape index (κ1) is 34.3. The zero-order chi connectivity index (χ0) is 26.7. The summed E-state index contributed by atoms with van der Waals surface area (Å²) in [6.45, 7) is 11.0. The van der Waals surface area contributed by atoms with Crippen LogP contribution in [0.4, 0.5) is 0 Å². The fraction of sp³-hybridized carbons (Fsp3) is 0.760. The van der Waals surface area contributed by atoms with Gasteiger partial charge in [-0.2, -0.15) is 8.42 Å². The zero-order valence-electron chi connectivity index (χ0n) is 22.2. The third-order valence-electron chi connectivity index (χ3n) is 4.70. The highest BCUT2D eigenvalue weighted by molar-refractivity contribution is 7.86. The van der Waals surface area contributed by atoms with Gasteiger partial charge in [-0.05, 0) is 37.4 Å². The van der Waals surface area contributed by atoms with E-state index in [0.29, 0.717) is 39.6 Å². The average Bonchev–Trinajstić information content (AvgIpc) is 2.87. The highest BCUT2D eigenvalue weighted by Gasteiger charge is 2.14. The van der Waals surface area contributed by atoms with Crippen molar-refractivity contribution in [2.75, 3.05) is 66.0 Å². The number of ether oxygens (including phenoxy) is 4. The van der Waals surface area contributed by atoms with Crippen LogP contribution >= 0.6 is 0 Å². The van der Waals surface area contributed by atoms with Gasteiger partial charge in [0.05, 0.1) is 51.1 Å². The Morgan fingerprint density at radius 1 is 0.722 bits per heavy atom. The molecule has 36 heavy (non-hydrogen) atoms. The number of hydrogen-bond donors (Lipinski definition) is 0. The van der Waals surface area contributed by atoms with E-state index < -0.39 is 10.1 Å². The van der Waals surface area contributed by atoms with Crippen LogP contribution in [-0.4, -0.2) is 74.4 Å². The van der Waals surface area contributed by atoms with E-state index in [9.17, 15) is 8.42 Å². The summed E-state index contributed by atoms with van der Waals surface area (Å²) in [5.74, 6) is 0. The first-order valence-electron chi connectivity index (χ1n) is 12.8. The maximum absolute atomic E-state index is 11.9. The van der Waals surface area contributed by atoms with E-state index in [4.69, 9.17) is 28.7 Å². The lowest BCUT2D eigenvalue weighted by atomic mass is 10.2. The Labute approximate surface area is 217 Å². The molecule has 0 radical (unpaired) electrons. The molecule has 0 saturated heterocycles. The van der Waals surface area contributed by atoms with Crippen LogP contribution < -0.4 is 0 Å². The lowest BCUT2D eigenvalue weighted by Gasteiger charge is -2.07. The molecule has 0 spiro atoms. The molecule has 0 atom stereocenters. The van der Waals surface area contributed by atoms with Gasteiger partial charge in [0.15, 0.2) is 0 Å². The summed E-state index contributed by atoms with van der Waals surface area (Å²) in [6.07, 6.45) is 6.96. The first-order chi connectivity index (χ1) is 17.5. The normalized spacial score (nSPS) is 11.0. The van der Waals surface area contributed by atoms with E-state index in [0.717, 1.165) is 31.6 Å². The zero-order valence-corrected chi connectivity index (χ0v) is 23.0. The highest BCUT2D eigenvalue weighted by Crippen LogP contribution is 2.12. The Balaban J connectivity index is 0.000000757. The molecule has 0 N–H and O–H groups in total. The molecule has 0 fully saturated rings. The number of unbranched alkanes of at least 4 members (excludes halogenated alkanes) is 4. The van der Waals surface area contributed by atoms with E-state index in [2.05, 4.69) is 23.9 Å². The molecule has 10 nitrogen and oxygen atoms in total. The van der Waals surface area contributed by atoms with Gasteiger partial charge in [-0.3, -0.25) is 4.18 Å². The molecule has 0 aliphatic heterocycles. The molecule has 0 aliphatic carbocycles. The number of azide groups is 1. The fourth-order valence-corrected chi connectivity index (χ4v) is 3.57. The predicted octanol–water partition coefficient (Wildman–Crippen LogP) is 5.44. The standard InChI is InChI=1S/C16H26O5S.C9H19N3O2/c1-3-4-5-10-19-11-12-20-13-14-21-22(17,18)16-8-6-15(2)7-9-16;1-2-3-4-6-13-8-9-14-7-5-11-12-10/h6-9H,3-5,10-14H2,1-2H3;2-9H2,1H3. The van der Waals surface area contributed by atoms with E-state index >= 15 is 0 Å². The van der Waals surface area contributed by atoms with Gasteiger partial charge in [-0.25, -0.2) is 0 Å². The number of aryl methyl sites for hydroxylation is 1. The van der Waals surface area contributed by atoms with Gasteiger partial charge in [0.1, 0.15) is 0 Å². The molecule has 0 saturated carbocycles. The molecule has 0 heterocycles. The van der Waals surface area contributed by atoms with Crippen LogP contribution in [-0.2, 0) is 33.2 Å². The van der Waals surface area contributed by atoms with Gasteiger partial charge in [-0.15, -0.1) is 0 Å². The minimum atomic E-state index is -3.70. The maximum atomic E-state index is 11.9. The SMILES string of the molecule is CCCCCOCCOCCN=[N+]=[N-].CCCCCOCCOCCOS(=O)(=O)c1ccc(C)cc1. The Hall–Kier alpha value is -1.72. The minimum absolute atomic E-state index is 0.00600. The van der Waals surface area contributed by atoms with Crippen molar-refractivity contribution in [3.8, 4) is 0 Å². The molecule has 0 unspecified atom stereocenters. The molecule has 1 rings (SSSR count). The van der Waals surface area contributed by atoms with E-state index in [1.54, 1.807) is 12.1 Å². The van der Waals surface area contributed by atoms with Crippen molar-refractivity contribution in [3.05, 3.63) is 40.3 Å². The van der Waals surface area contributed by atoms with Crippen molar-refractivity contribution in [1.82, 2.24) is 0 Å². The van der Waals surface area contributed by atoms with Gasteiger partial charge in [0.2, 0.25) is 0 Å². The molecular formula is C25H45N3O7S. The molecule has 0 aliphatic rings. The van der Waals surface area contributed by atoms with E-state index in [1.807, 2.05) is 6.92 Å². The average molecular weight is 532 g/mol. The molecule has 0 aromatic heterocycles. The fourth-order valence-electron chi connectivity index (χ4n) is 2.68. The molecule has 11 heteroatoms. The minimum Gasteiger partial charge on any atom is -0.379 e. The van der Waals surface area contributed by atoms with Crippen molar-refractivity contribution in [2.24, 2.45) is 5.11 Å². The first-order valence-corrected chi connectivity index (χ1v) is 14.2. The molecule has 1 aromatic carbocycles. The van der Waals surface area contributed by atoms with Gasteiger partial charge in [-0.1, -0.05) is 62.3 Å². The Bertz CT molecular complexity index is 770. The van der Waals surface area contributed by atoms with Crippen LogP contribution in [0, 0.1) is 6.92 Å². The van der Waals surface area contributed by atoms with Crippen LogP contribution in [0.15, 0.2) is 34.3 Å². The lowest BCUT2D eigenvalue weighted by molar-refractivity contribution is 0.0360. The van der Waals surface area contributed by atoms with Crippen molar-refractivity contribution >= 4 is 10.1 Å². The third kappa shape index (κ3) is 21.6. The predicted molar refractivity (Wildman–Crippen MR) is 141 cm³/mol. The van der Waals surface area contributed by atoms with Crippen molar-refractivity contribution in [3.63, 3.8) is 0 Å². The molecule has 0 amide bonds. The summed E-state index contributed by atoms with van der Waals surface area (Å²) in [6, 6.07) is 6.55. The van der Waals surface area contributed by atoms with Crippen LogP contribution in [0.2, 0.25) is 0 Å². The molecule has 208 valence electrons. The van der Waals surface area contributed by atoms with Crippen LogP contribution in [0.5, 0.6) is 0 Å². The lowest BCUT2D eigenvalue weighted by Crippen LogP contribution is -2.13. The number of rotatable bonds is 22. The highest BCUT2D eigenvalue weighted by atomic mass is 32.2. The van der Waals surface area contributed by atoms with Crippen molar-refractivity contribution < 1.29 is 31.5 Å². The topological polar surface area (TPSA) is 129 Å². The number of hydrogen-bond acceptors (Lipinski definition) is 8. The summed E-state index contributed by atoms with van der Waals surface area (Å²) < 4.78 is 49.8. The summed E-state index contributed by atoms with van der Waals surface area (Å²) in [5, 5.41) is 3.34. The quantitative estimate of drug-likeness (QED) is 0.0640. The second-order valence-corrected chi connectivity index (χ2v) is 9.52. The molecule has 0 bridgehead atoms. The maximum Gasteiger partial charge on any atom is 0.297 e. The largest absolute Gasteiger partial charge is 0.379 e. The summed E-state index contributed by atoms with van der Waals surface area (Å²) >= 11 is 0. The van der Waals surface area contributed by atoms with Crippen LogP contribution in [0.25, 0.3) is 10.4 Å². The Morgan fingerprint density at radius 2 is 1.19 bits per heavy atom. The molecule has 1 aromatic rings.